The second-order valence-electron chi connectivity index (χ2n) is 6.19. The van der Waals surface area contributed by atoms with E-state index < -0.39 is 0 Å². The Morgan fingerprint density at radius 2 is 1.96 bits per heavy atom. The third-order valence-corrected chi connectivity index (χ3v) is 3.90. The Hall–Kier alpha value is -1.74. The van der Waals surface area contributed by atoms with Crippen molar-refractivity contribution in [3.8, 4) is 5.75 Å². The van der Waals surface area contributed by atoms with Gasteiger partial charge in [-0.2, -0.15) is 0 Å². The van der Waals surface area contributed by atoms with Crippen molar-refractivity contribution in [2.75, 3.05) is 19.7 Å². The van der Waals surface area contributed by atoms with Gasteiger partial charge in [0.05, 0.1) is 12.8 Å². The molecule has 0 saturated heterocycles. The third kappa shape index (κ3) is 8.21. The number of guanidine groups is 1. The Labute approximate surface area is 178 Å². The fraction of sp³-hybridized carbons (Fsp3) is 0.450. The van der Waals surface area contributed by atoms with Crippen LogP contribution in [0.3, 0.4) is 0 Å². The number of hydrogen-bond acceptors (Lipinski definition) is 4. The summed E-state index contributed by atoms with van der Waals surface area (Å²) in [6.07, 6.45) is 2.53. The predicted octanol–water partition coefficient (Wildman–Crippen LogP) is 3.88. The molecule has 0 saturated carbocycles. The molecule has 0 atom stereocenters. The molecule has 1 aromatic carbocycles. The van der Waals surface area contributed by atoms with Gasteiger partial charge in [0.1, 0.15) is 18.1 Å². The molecule has 0 aliphatic rings. The van der Waals surface area contributed by atoms with Crippen molar-refractivity contribution in [3.05, 3.63) is 53.0 Å². The number of phenolic OH excluding ortho intramolecular Hbond substituents is 1. The van der Waals surface area contributed by atoms with Crippen molar-refractivity contribution >= 4 is 29.9 Å². The van der Waals surface area contributed by atoms with Gasteiger partial charge in [0, 0.05) is 19.7 Å². The normalized spacial score (nSPS) is 11.1. The Balaban J connectivity index is 0.00000364. The van der Waals surface area contributed by atoms with Gasteiger partial charge in [0.15, 0.2) is 5.96 Å². The number of aryl methyl sites for hydroxylation is 2. The highest BCUT2D eigenvalue weighted by Crippen LogP contribution is 2.23. The van der Waals surface area contributed by atoms with Gasteiger partial charge in [-0.05, 0) is 56.0 Å². The van der Waals surface area contributed by atoms with Crippen molar-refractivity contribution in [1.29, 1.82) is 0 Å². The topological polar surface area (TPSA) is 79.0 Å². The van der Waals surface area contributed by atoms with Crippen molar-refractivity contribution < 1.29 is 14.3 Å². The molecule has 27 heavy (non-hydrogen) atoms. The quantitative estimate of drug-likeness (QED) is 0.217. The number of furan rings is 1. The minimum Gasteiger partial charge on any atom is -0.507 e. The van der Waals surface area contributed by atoms with Crippen LogP contribution in [-0.2, 0) is 17.9 Å². The summed E-state index contributed by atoms with van der Waals surface area (Å²) in [5, 5.41) is 16.4. The largest absolute Gasteiger partial charge is 0.507 e. The molecular weight excluding hydrogens is 457 g/mol. The highest BCUT2D eigenvalue weighted by Gasteiger charge is 2.04. The standard InChI is InChI=1S/C20H29N3O3.HI/c1-4-21-20(22-8-6-9-25-14-18-7-5-10-26-18)23-13-17-11-15(2)19(24)16(3)12-17;/h5,7,10-12,24H,4,6,8-9,13-14H2,1-3H3,(H2,21,22,23);1H. The maximum atomic E-state index is 9.86. The van der Waals surface area contributed by atoms with Gasteiger partial charge < -0.3 is 24.9 Å². The summed E-state index contributed by atoms with van der Waals surface area (Å²) in [6, 6.07) is 7.70. The summed E-state index contributed by atoms with van der Waals surface area (Å²) < 4.78 is 10.8. The number of rotatable bonds is 9. The fourth-order valence-electron chi connectivity index (χ4n) is 2.60. The Kier molecular flexibility index (Phi) is 10.9. The number of nitrogens with zero attached hydrogens (tertiary/aromatic N) is 1. The molecule has 3 N–H and O–H groups in total. The number of benzene rings is 1. The number of nitrogens with one attached hydrogen (secondary N) is 2. The van der Waals surface area contributed by atoms with Crippen LogP contribution in [0.1, 0.15) is 35.8 Å². The smallest absolute Gasteiger partial charge is 0.191 e. The van der Waals surface area contributed by atoms with E-state index in [1.54, 1.807) is 6.26 Å². The molecular formula is C20H30IN3O3. The van der Waals surface area contributed by atoms with E-state index in [1.807, 2.05) is 45.0 Å². The third-order valence-electron chi connectivity index (χ3n) is 3.90. The Bertz CT molecular complexity index is 679. The molecule has 0 amide bonds. The molecule has 7 heteroatoms. The lowest BCUT2D eigenvalue weighted by atomic mass is 10.1. The van der Waals surface area contributed by atoms with Crippen LogP contribution in [0.15, 0.2) is 39.9 Å². The summed E-state index contributed by atoms with van der Waals surface area (Å²) in [6.45, 7) is 9.14. The molecule has 6 nitrogen and oxygen atoms in total. The van der Waals surface area contributed by atoms with Crippen LogP contribution in [0.2, 0.25) is 0 Å². The van der Waals surface area contributed by atoms with E-state index in [2.05, 4.69) is 15.6 Å². The van der Waals surface area contributed by atoms with Gasteiger partial charge in [-0.1, -0.05) is 12.1 Å². The predicted molar refractivity (Wildman–Crippen MR) is 119 cm³/mol. The second-order valence-corrected chi connectivity index (χ2v) is 6.19. The molecule has 2 aromatic rings. The van der Waals surface area contributed by atoms with Gasteiger partial charge in [0.2, 0.25) is 0 Å². The van der Waals surface area contributed by atoms with Crippen LogP contribution in [0.5, 0.6) is 5.75 Å². The first-order valence-corrected chi connectivity index (χ1v) is 9.01. The molecule has 0 bridgehead atoms. The molecule has 0 radical (unpaired) electrons. The highest BCUT2D eigenvalue weighted by atomic mass is 127. The van der Waals surface area contributed by atoms with Gasteiger partial charge in [0.25, 0.3) is 0 Å². The lowest BCUT2D eigenvalue weighted by Crippen LogP contribution is -2.38. The summed E-state index contributed by atoms with van der Waals surface area (Å²) in [7, 11) is 0. The first kappa shape index (κ1) is 23.3. The van der Waals surface area contributed by atoms with E-state index in [0.717, 1.165) is 47.9 Å². The minimum absolute atomic E-state index is 0. The summed E-state index contributed by atoms with van der Waals surface area (Å²) >= 11 is 0. The molecule has 1 heterocycles. The van der Waals surface area contributed by atoms with Gasteiger partial charge in [-0.3, -0.25) is 0 Å². The molecule has 0 spiro atoms. The lowest BCUT2D eigenvalue weighted by Gasteiger charge is -2.12. The van der Waals surface area contributed by atoms with E-state index in [9.17, 15) is 5.11 Å². The maximum Gasteiger partial charge on any atom is 0.191 e. The number of hydrogen-bond donors (Lipinski definition) is 3. The number of aliphatic imine (C=N–C) groups is 1. The van der Waals surface area contributed by atoms with Crippen molar-refractivity contribution in [2.24, 2.45) is 4.99 Å². The maximum absolute atomic E-state index is 9.86. The van der Waals surface area contributed by atoms with Crippen molar-refractivity contribution in [1.82, 2.24) is 10.6 Å². The number of halogens is 1. The van der Waals surface area contributed by atoms with E-state index >= 15 is 0 Å². The summed E-state index contributed by atoms with van der Waals surface area (Å²) in [4.78, 5) is 4.61. The molecule has 0 aliphatic carbocycles. The first-order chi connectivity index (χ1) is 12.6. The monoisotopic (exact) mass is 487 g/mol. The van der Waals surface area contributed by atoms with Gasteiger partial charge >= 0.3 is 0 Å². The van der Waals surface area contributed by atoms with E-state index in [4.69, 9.17) is 9.15 Å². The SMILES string of the molecule is CCNC(=NCc1cc(C)c(O)c(C)c1)NCCCOCc1ccco1.I. The number of ether oxygens (including phenoxy) is 1. The van der Waals surface area contributed by atoms with Crippen molar-refractivity contribution in [3.63, 3.8) is 0 Å². The zero-order valence-corrected chi connectivity index (χ0v) is 18.6. The first-order valence-electron chi connectivity index (χ1n) is 9.01. The second kappa shape index (κ2) is 12.6. The minimum atomic E-state index is 0. The Morgan fingerprint density at radius 3 is 2.59 bits per heavy atom. The zero-order chi connectivity index (χ0) is 18.8. The molecule has 1 aromatic heterocycles. The zero-order valence-electron chi connectivity index (χ0n) is 16.2. The molecule has 0 aliphatic heterocycles. The van der Waals surface area contributed by atoms with Crippen LogP contribution < -0.4 is 10.6 Å². The molecule has 2 rings (SSSR count). The van der Waals surface area contributed by atoms with E-state index in [-0.39, 0.29) is 24.0 Å². The van der Waals surface area contributed by atoms with Crippen LogP contribution >= 0.6 is 24.0 Å². The van der Waals surface area contributed by atoms with Crippen LogP contribution in [0.4, 0.5) is 0 Å². The average molecular weight is 487 g/mol. The van der Waals surface area contributed by atoms with Crippen molar-refractivity contribution in [2.45, 2.75) is 40.3 Å². The number of phenols is 1. The van der Waals surface area contributed by atoms with E-state index in [1.165, 1.54) is 0 Å². The van der Waals surface area contributed by atoms with E-state index in [0.29, 0.717) is 25.5 Å². The molecule has 150 valence electrons. The summed E-state index contributed by atoms with van der Waals surface area (Å²) in [5.74, 6) is 1.98. The average Bonchev–Trinajstić information content (AvgIpc) is 3.13. The fourth-order valence-corrected chi connectivity index (χ4v) is 2.60. The van der Waals surface area contributed by atoms with Crippen LogP contribution in [0, 0.1) is 13.8 Å². The van der Waals surface area contributed by atoms with Gasteiger partial charge in [-0.15, -0.1) is 24.0 Å². The van der Waals surface area contributed by atoms with Crippen LogP contribution in [0.25, 0.3) is 0 Å². The summed E-state index contributed by atoms with van der Waals surface area (Å²) in [5.41, 5.74) is 2.83. The number of aromatic hydroxyl groups is 1. The van der Waals surface area contributed by atoms with Gasteiger partial charge in [-0.25, -0.2) is 4.99 Å². The lowest BCUT2D eigenvalue weighted by molar-refractivity contribution is 0.105. The molecule has 0 unspecified atom stereocenters. The van der Waals surface area contributed by atoms with Crippen LogP contribution in [-0.4, -0.2) is 30.8 Å². The Morgan fingerprint density at radius 1 is 1.22 bits per heavy atom. The highest BCUT2D eigenvalue weighted by molar-refractivity contribution is 14.0. The molecule has 0 fully saturated rings.